The molecule has 2 aromatic carbocycles. The Hall–Kier alpha value is -3.03. The van der Waals surface area contributed by atoms with Gasteiger partial charge in [0.25, 0.3) is 0 Å². The predicted octanol–water partition coefficient (Wildman–Crippen LogP) is 2.71. The number of likely N-dealkylation sites (N-methyl/N-ethyl adjacent to an activating group) is 1. The smallest absolute Gasteiger partial charge is 0.320 e. The maximum absolute atomic E-state index is 13.4. The van der Waals surface area contributed by atoms with Crippen molar-refractivity contribution in [2.24, 2.45) is 0 Å². The molecule has 8 heteroatoms. The van der Waals surface area contributed by atoms with E-state index in [-0.39, 0.29) is 5.56 Å². The van der Waals surface area contributed by atoms with E-state index < -0.39 is 35.4 Å². The normalized spacial score (nSPS) is 11.5. The average molecular weight is 337 g/mol. The molecule has 2 rings (SSSR count). The number of hydrogen-bond acceptors (Lipinski definition) is 2. The fraction of sp³-hybridized carbons (Fsp3) is 0.125. The molecule has 126 valence electrons. The molecule has 5 nitrogen and oxygen atoms in total. The number of amides is 3. The second-order valence-corrected chi connectivity index (χ2v) is 4.83. The van der Waals surface area contributed by atoms with Crippen molar-refractivity contribution in [2.75, 3.05) is 12.4 Å². The molecule has 3 N–H and O–H groups in total. The van der Waals surface area contributed by atoms with Crippen LogP contribution in [0.4, 0.5) is 23.7 Å². The van der Waals surface area contributed by atoms with Crippen LogP contribution in [0.2, 0.25) is 0 Å². The molecule has 0 aromatic heterocycles. The summed E-state index contributed by atoms with van der Waals surface area (Å²) in [6.45, 7) is 0. The minimum absolute atomic E-state index is 0.0718. The molecule has 1 atom stereocenters. The number of anilines is 1. The summed E-state index contributed by atoms with van der Waals surface area (Å²) in [6, 6.07) is 5.86. The Morgan fingerprint density at radius 3 is 2.21 bits per heavy atom. The summed E-state index contributed by atoms with van der Waals surface area (Å²) in [4.78, 5) is 23.9. The minimum atomic E-state index is -1.23. The highest BCUT2D eigenvalue weighted by Gasteiger charge is 2.23. The van der Waals surface area contributed by atoms with Gasteiger partial charge in [0.1, 0.15) is 11.9 Å². The molecule has 0 radical (unpaired) electrons. The lowest BCUT2D eigenvalue weighted by atomic mass is 10.1. The first-order valence-corrected chi connectivity index (χ1v) is 6.90. The van der Waals surface area contributed by atoms with Crippen molar-refractivity contribution in [3.05, 3.63) is 65.5 Å². The van der Waals surface area contributed by atoms with Gasteiger partial charge in [-0.15, -0.1) is 0 Å². The summed E-state index contributed by atoms with van der Waals surface area (Å²) >= 11 is 0. The second kappa shape index (κ2) is 7.49. The van der Waals surface area contributed by atoms with Crippen molar-refractivity contribution in [1.82, 2.24) is 10.6 Å². The molecule has 0 bridgehead atoms. The largest absolute Gasteiger partial charge is 0.357 e. The number of urea groups is 1. The molecule has 0 aliphatic heterocycles. The van der Waals surface area contributed by atoms with Gasteiger partial charge in [0.2, 0.25) is 5.91 Å². The van der Waals surface area contributed by atoms with Gasteiger partial charge in [0, 0.05) is 12.7 Å². The Balaban J connectivity index is 2.16. The topological polar surface area (TPSA) is 70.2 Å². The van der Waals surface area contributed by atoms with Gasteiger partial charge in [-0.25, -0.2) is 18.0 Å². The quantitative estimate of drug-likeness (QED) is 0.803. The Kier molecular flexibility index (Phi) is 5.41. The van der Waals surface area contributed by atoms with Crippen LogP contribution in [-0.2, 0) is 4.79 Å². The van der Waals surface area contributed by atoms with Crippen LogP contribution < -0.4 is 16.0 Å². The lowest BCUT2D eigenvalue weighted by molar-refractivity contribution is -0.122. The molecule has 0 saturated heterocycles. The third-order valence-corrected chi connectivity index (χ3v) is 3.16. The zero-order chi connectivity index (χ0) is 17.7. The fourth-order valence-corrected chi connectivity index (χ4v) is 1.97. The number of halogens is 3. The van der Waals surface area contributed by atoms with Gasteiger partial charge in [-0.2, -0.15) is 0 Å². The van der Waals surface area contributed by atoms with Crippen molar-refractivity contribution in [1.29, 1.82) is 0 Å². The molecule has 0 unspecified atom stereocenters. The third-order valence-electron chi connectivity index (χ3n) is 3.16. The van der Waals surface area contributed by atoms with Gasteiger partial charge in [-0.1, -0.05) is 6.07 Å². The number of carbonyl (C=O) groups excluding carboxylic acids is 2. The summed E-state index contributed by atoms with van der Waals surface area (Å²) in [6.07, 6.45) is 0. The Morgan fingerprint density at radius 2 is 1.62 bits per heavy atom. The van der Waals surface area contributed by atoms with Gasteiger partial charge in [0.05, 0.1) is 0 Å². The van der Waals surface area contributed by atoms with Crippen LogP contribution >= 0.6 is 0 Å². The van der Waals surface area contributed by atoms with E-state index >= 15 is 0 Å². The molecule has 0 fully saturated rings. The van der Waals surface area contributed by atoms with Crippen LogP contribution in [0.15, 0.2) is 42.5 Å². The van der Waals surface area contributed by atoms with Crippen LogP contribution in [0.3, 0.4) is 0 Å². The average Bonchev–Trinajstić information content (AvgIpc) is 2.56. The molecule has 0 heterocycles. The van der Waals surface area contributed by atoms with Gasteiger partial charge >= 0.3 is 6.03 Å². The standard InChI is InChI=1S/C16H14F3N3O2/c1-20-15(23)14(9-2-7-12(18)13(19)8-9)22-16(24)21-11-5-3-10(17)4-6-11/h2-8,14H,1H3,(H,20,23)(H2,21,22,24)/t14-/m1/s1. The highest BCUT2D eigenvalue weighted by molar-refractivity contribution is 5.94. The highest BCUT2D eigenvalue weighted by atomic mass is 19.2. The summed E-state index contributed by atoms with van der Waals surface area (Å²) < 4.78 is 39.2. The van der Waals surface area contributed by atoms with E-state index in [1.807, 2.05) is 0 Å². The van der Waals surface area contributed by atoms with E-state index in [4.69, 9.17) is 0 Å². The van der Waals surface area contributed by atoms with E-state index in [0.29, 0.717) is 5.69 Å². The highest BCUT2D eigenvalue weighted by Crippen LogP contribution is 2.17. The van der Waals surface area contributed by atoms with Gasteiger partial charge < -0.3 is 16.0 Å². The van der Waals surface area contributed by atoms with Crippen molar-refractivity contribution < 1.29 is 22.8 Å². The van der Waals surface area contributed by atoms with E-state index in [0.717, 1.165) is 24.3 Å². The zero-order valence-electron chi connectivity index (χ0n) is 12.6. The Morgan fingerprint density at radius 1 is 0.958 bits per heavy atom. The SMILES string of the molecule is CNC(=O)[C@H](NC(=O)Nc1ccc(F)cc1)c1ccc(F)c(F)c1. The monoisotopic (exact) mass is 337 g/mol. The maximum atomic E-state index is 13.4. The van der Waals surface area contributed by atoms with Crippen molar-refractivity contribution in [2.45, 2.75) is 6.04 Å². The molecule has 0 aliphatic carbocycles. The molecular formula is C16H14F3N3O2. The first-order valence-electron chi connectivity index (χ1n) is 6.90. The Labute approximate surface area is 135 Å². The van der Waals surface area contributed by atoms with Crippen LogP contribution in [0.25, 0.3) is 0 Å². The molecule has 3 amide bonds. The van der Waals surface area contributed by atoms with Gasteiger partial charge in [-0.3, -0.25) is 4.79 Å². The third kappa shape index (κ3) is 4.25. The summed E-state index contributed by atoms with van der Waals surface area (Å²) in [5, 5.41) is 7.09. The number of carbonyl (C=O) groups is 2. The minimum Gasteiger partial charge on any atom is -0.357 e. The van der Waals surface area contributed by atoms with Crippen molar-refractivity contribution >= 4 is 17.6 Å². The summed E-state index contributed by atoms with van der Waals surface area (Å²) in [5.41, 5.74) is 0.373. The summed E-state index contributed by atoms with van der Waals surface area (Å²) in [5.74, 6) is -3.28. The molecule has 0 spiro atoms. The van der Waals surface area contributed by atoms with E-state index in [2.05, 4.69) is 16.0 Å². The van der Waals surface area contributed by atoms with E-state index in [9.17, 15) is 22.8 Å². The fourth-order valence-electron chi connectivity index (χ4n) is 1.97. The van der Waals surface area contributed by atoms with E-state index in [1.165, 1.54) is 25.2 Å². The van der Waals surface area contributed by atoms with Crippen molar-refractivity contribution in [3.8, 4) is 0 Å². The van der Waals surface area contributed by atoms with Crippen LogP contribution in [-0.4, -0.2) is 19.0 Å². The van der Waals surface area contributed by atoms with Crippen LogP contribution in [0.5, 0.6) is 0 Å². The van der Waals surface area contributed by atoms with Crippen molar-refractivity contribution in [3.63, 3.8) is 0 Å². The van der Waals surface area contributed by atoms with Gasteiger partial charge in [0.15, 0.2) is 11.6 Å². The number of benzene rings is 2. The van der Waals surface area contributed by atoms with E-state index in [1.54, 1.807) is 0 Å². The van der Waals surface area contributed by atoms with Crippen LogP contribution in [0, 0.1) is 17.5 Å². The predicted molar refractivity (Wildman–Crippen MR) is 81.7 cm³/mol. The lowest BCUT2D eigenvalue weighted by Crippen LogP contribution is -2.41. The molecular weight excluding hydrogens is 323 g/mol. The van der Waals surface area contributed by atoms with Gasteiger partial charge in [-0.05, 0) is 42.0 Å². The molecule has 0 aliphatic rings. The molecule has 24 heavy (non-hydrogen) atoms. The van der Waals surface area contributed by atoms with Crippen LogP contribution in [0.1, 0.15) is 11.6 Å². The Bertz CT molecular complexity index is 751. The lowest BCUT2D eigenvalue weighted by Gasteiger charge is -2.18. The first-order chi connectivity index (χ1) is 11.4. The first kappa shape index (κ1) is 17.3. The summed E-state index contributed by atoms with van der Waals surface area (Å²) in [7, 11) is 1.34. The molecule has 0 saturated carbocycles. The maximum Gasteiger partial charge on any atom is 0.320 e. The number of rotatable bonds is 4. The number of hydrogen-bond donors (Lipinski definition) is 3. The zero-order valence-corrected chi connectivity index (χ0v) is 12.6. The number of nitrogens with one attached hydrogen (secondary N) is 3. The second-order valence-electron chi connectivity index (χ2n) is 4.83. The molecule has 2 aromatic rings.